The number of hydrogen-bond donors (Lipinski definition) is 0. The number of rotatable bonds is 3. The van der Waals surface area contributed by atoms with Crippen molar-refractivity contribution >= 4 is 0 Å². The van der Waals surface area contributed by atoms with Crippen LogP contribution in [-0.4, -0.2) is 6.10 Å². The Labute approximate surface area is 130 Å². The van der Waals surface area contributed by atoms with Gasteiger partial charge in [-0.05, 0) is 51.9 Å². The Kier molecular flexibility index (Phi) is 19.6. The number of halogens is 1. The van der Waals surface area contributed by atoms with Gasteiger partial charge in [-0.15, -0.1) is 0 Å². The van der Waals surface area contributed by atoms with Crippen molar-refractivity contribution in [2.45, 2.75) is 40.7 Å². The fourth-order valence-electron chi connectivity index (χ4n) is 0.641. The average Bonchev–Trinajstić information content (AvgIpc) is 2.02. The van der Waals surface area contributed by atoms with Crippen LogP contribution >= 0.6 is 0 Å². The van der Waals surface area contributed by atoms with Gasteiger partial charge in [-0.25, -0.2) is 4.39 Å². The fourth-order valence-corrected chi connectivity index (χ4v) is 0.641. The zero-order chi connectivity index (χ0) is 10.6. The minimum Gasteiger partial charge on any atom is -0.523 e. The third-order valence-electron chi connectivity index (χ3n) is 2.05. The molecule has 16 heavy (non-hydrogen) atoms. The van der Waals surface area contributed by atoms with Crippen LogP contribution in [0.2, 0.25) is 0 Å². The summed E-state index contributed by atoms with van der Waals surface area (Å²) in [5.41, 5.74) is 1.62. The van der Waals surface area contributed by atoms with Gasteiger partial charge in [0, 0.05) is 51.2 Å². The molecule has 0 aromatic carbocycles. The monoisotopic (exact) mass is 353 g/mol. The van der Waals surface area contributed by atoms with Crippen LogP contribution in [0.25, 0.3) is 0 Å². The Morgan fingerprint density at radius 2 is 1.38 bits per heavy atom. The average molecular weight is 353 g/mol. The summed E-state index contributed by atoms with van der Waals surface area (Å²) in [6.07, 6.45) is -0.431. The van der Waals surface area contributed by atoms with Crippen LogP contribution in [-0.2, 0) is 55.9 Å². The van der Waals surface area contributed by atoms with Crippen molar-refractivity contribution in [1.82, 2.24) is 0 Å². The smallest absolute Gasteiger partial charge is 0.0966 e. The summed E-state index contributed by atoms with van der Waals surface area (Å²) in [6.45, 7) is 12.6. The summed E-state index contributed by atoms with van der Waals surface area (Å²) in [7, 11) is 0. The molecule has 0 bridgehead atoms. The first-order valence-electron chi connectivity index (χ1n) is 4.33. The van der Waals surface area contributed by atoms with Gasteiger partial charge >= 0.3 is 0 Å². The summed E-state index contributed by atoms with van der Waals surface area (Å²) in [5, 5.41) is 0. The van der Waals surface area contributed by atoms with Gasteiger partial charge in [-0.1, -0.05) is 0 Å². The Balaban J connectivity index is -0.000000240. The maximum atomic E-state index is 12.7. The first-order chi connectivity index (χ1) is 5.86. The second kappa shape index (κ2) is 12.2. The molecule has 0 saturated carbocycles. The van der Waals surface area contributed by atoms with Crippen LogP contribution in [0.1, 0.15) is 34.6 Å². The molecular formula is C11H18FFe3O-. The van der Waals surface area contributed by atoms with Crippen LogP contribution < -0.4 is 0 Å². The fraction of sp³-hybridized carbons (Fsp3) is 0.545. The van der Waals surface area contributed by atoms with E-state index in [1.54, 1.807) is 6.92 Å². The molecule has 0 heterocycles. The van der Waals surface area contributed by atoms with Crippen molar-refractivity contribution in [3.05, 3.63) is 29.7 Å². The topological polar surface area (TPSA) is 9.23 Å². The Bertz CT molecular complexity index is 242. The van der Waals surface area contributed by atoms with Gasteiger partial charge in [-0.2, -0.15) is 0 Å². The third kappa shape index (κ3) is 9.96. The van der Waals surface area contributed by atoms with Gasteiger partial charge < -0.3 is 4.74 Å². The van der Waals surface area contributed by atoms with Crippen LogP contribution in [0.5, 0.6) is 0 Å². The van der Waals surface area contributed by atoms with Crippen molar-refractivity contribution in [2.75, 3.05) is 0 Å². The summed E-state index contributed by atoms with van der Waals surface area (Å²) < 4.78 is 18.1. The molecule has 0 N–H and O–H groups in total. The van der Waals surface area contributed by atoms with Gasteiger partial charge in [0.15, 0.2) is 0 Å². The minimum absolute atomic E-state index is 0. The van der Waals surface area contributed by atoms with E-state index in [1.807, 2.05) is 20.8 Å². The van der Waals surface area contributed by atoms with E-state index < -0.39 is 6.10 Å². The van der Waals surface area contributed by atoms with Crippen molar-refractivity contribution in [3.8, 4) is 0 Å². The minimum atomic E-state index is -0.431. The van der Waals surface area contributed by atoms with E-state index in [4.69, 9.17) is 4.74 Å². The summed E-state index contributed by atoms with van der Waals surface area (Å²) in [4.78, 5) is 0. The van der Waals surface area contributed by atoms with Crippen LogP contribution in [0.4, 0.5) is 4.39 Å². The number of ether oxygens (including phenoxy) is 1. The molecule has 0 fully saturated rings. The van der Waals surface area contributed by atoms with Gasteiger partial charge in [0.1, 0.15) is 0 Å². The van der Waals surface area contributed by atoms with Crippen LogP contribution in [0.3, 0.4) is 0 Å². The summed E-state index contributed by atoms with van der Waals surface area (Å²) in [5.74, 6) is 0.585. The predicted octanol–water partition coefficient (Wildman–Crippen LogP) is 3.78. The van der Waals surface area contributed by atoms with E-state index in [2.05, 4.69) is 6.92 Å². The van der Waals surface area contributed by atoms with E-state index in [9.17, 15) is 4.39 Å². The maximum absolute atomic E-state index is 12.7. The van der Waals surface area contributed by atoms with Gasteiger partial charge in [0.2, 0.25) is 0 Å². The molecular weight excluding hydrogens is 335 g/mol. The molecule has 0 aromatic rings. The van der Waals surface area contributed by atoms with Crippen molar-refractivity contribution in [3.63, 3.8) is 0 Å². The molecule has 1 unspecified atom stereocenters. The second-order valence-electron chi connectivity index (χ2n) is 3.38. The molecule has 0 radical (unpaired) electrons. The zero-order valence-electron chi connectivity index (χ0n) is 10.1. The van der Waals surface area contributed by atoms with Crippen molar-refractivity contribution in [1.29, 1.82) is 0 Å². The second-order valence-corrected chi connectivity index (χ2v) is 3.38. The third-order valence-corrected chi connectivity index (χ3v) is 2.05. The van der Waals surface area contributed by atoms with E-state index in [0.29, 0.717) is 5.57 Å². The van der Waals surface area contributed by atoms with E-state index in [1.165, 1.54) is 6.92 Å². The molecule has 0 spiro atoms. The summed E-state index contributed by atoms with van der Waals surface area (Å²) >= 11 is 0. The molecule has 0 aliphatic heterocycles. The summed E-state index contributed by atoms with van der Waals surface area (Å²) in [6, 6.07) is 0. The molecule has 0 saturated heterocycles. The molecule has 1 nitrogen and oxygen atoms in total. The molecule has 0 aromatic heterocycles. The van der Waals surface area contributed by atoms with E-state index in [0.717, 1.165) is 11.3 Å². The Hall–Kier alpha value is 0.768. The van der Waals surface area contributed by atoms with Crippen LogP contribution in [0.15, 0.2) is 22.7 Å². The quantitative estimate of drug-likeness (QED) is 0.427. The van der Waals surface area contributed by atoms with E-state index >= 15 is 0 Å². The van der Waals surface area contributed by atoms with Crippen molar-refractivity contribution < 1.29 is 60.3 Å². The van der Waals surface area contributed by atoms with Crippen LogP contribution in [0, 0.1) is 6.92 Å². The number of allylic oxidation sites excluding steroid dienone is 3. The molecule has 0 rings (SSSR count). The van der Waals surface area contributed by atoms with Gasteiger partial charge in [-0.3, -0.25) is 6.92 Å². The first-order valence-corrected chi connectivity index (χ1v) is 4.33. The normalized spacial score (nSPS) is 11.9. The van der Waals surface area contributed by atoms with Crippen molar-refractivity contribution in [2.24, 2.45) is 0 Å². The molecule has 5 heteroatoms. The van der Waals surface area contributed by atoms with E-state index in [-0.39, 0.29) is 57.0 Å². The molecule has 1 atom stereocenters. The largest absolute Gasteiger partial charge is 0.523 e. The molecule has 0 aliphatic carbocycles. The Morgan fingerprint density at radius 1 is 1.00 bits per heavy atom. The predicted molar refractivity (Wildman–Crippen MR) is 53.8 cm³/mol. The SMILES string of the molecule is [CH2-]C(OC(C)=C(C)C)/C(C)=C(/C)F.[Fe].[Fe].[Fe]. The number of hydrogen-bond acceptors (Lipinski definition) is 1. The van der Waals surface area contributed by atoms with Gasteiger partial charge in [0.05, 0.1) is 11.6 Å². The van der Waals surface area contributed by atoms with Gasteiger partial charge in [0.25, 0.3) is 0 Å². The standard InChI is InChI=1S/C11H18FO.3Fe/c1-7(2)10(5)13-11(6)8(3)9(4)12;;;/h11H,6H2,1-5H3;;;/q-1;;;/b9-8-;;;. The zero-order valence-corrected chi connectivity index (χ0v) is 13.4. The maximum Gasteiger partial charge on any atom is 0.0966 e. The first kappa shape index (κ1) is 25.6. The molecule has 100 valence electrons. The molecule has 0 aliphatic rings. The molecule has 0 amide bonds. The Morgan fingerprint density at radius 3 is 1.62 bits per heavy atom.